The molecular weight excluding hydrogens is 148 g/mol. The van der Waals surface area contributed by atoms with Crippen LogP contribution in [0.15, 0.2) is 0 Å². The van der Waals surface area contributed by atoms with Crippen LogP contribution in [0.1, 0.15) is 47.0 Å². The van der Waals surface area contributed by atoms with Crippen molar-refractivity contribution in [2.24, 2.45) is 11.3 Å². The van der Waals surface area contributed by atoms with Crippen LogP contribution in [0.25, 0.3) is 0 Å². The zero-order valence-corrected chi connectivity index (χ0v) is 9.22. The van der Waals surface area contributed by atoms with Crippen molar-refractivity contribution in [2.75, 3.05) is 7.05 Å². The number of unbranched alkanes of at least 4 members (excludes halogenated alkanes) is 1. The van der Waals surface area contributed by atoms with Crippen molar-refractivity contribution in [3.63, 3.8) is 0 Å². The van der Waals surface area contributed by atoms with Crippen LogP contribution < -0.4 is 5.84 Å². The van der Waals surface area contributed by atoms with Crippen LogP contribution in [0.5, 0.6) is 0 Å². The van der Waals surface area contributed by atoms with Gasteiger partial charge in [-0.25, -0.2) is 5.01 Å². The van der Waals surface area contributed by atoms with Gasteiger partial charge in [0.1, 0.15) is 0 Å². The summed E-state index contributed by atoms with van der Waals surface area (Å²) >= 11 is 0. The SMILES string of the molecule is CCCCC(N(C)N)C(C)(C)C. The standard InChI is InChI=1S/C10H24N2/c1-6-7-8-9(12(5)11)10(2,3)4/h9H,6-8,11H2,1-5H3. The fourth-order valence-electron chi connectivity index (χ4n) is 1.65. The zero-order valence-electron chi connectivity index (χ0n) is 9.22. The molecule has 0 aromatic carbocycles. The minimum atomic E-state index is 0.290. The van der Waals surface area contributed by atoms with Gasteiger partial charge in [-0.05, 0) is 11.8 Å². The Balaban J connectivity index is 4.05. The van der Waals surface area contributed by atoms with Crippen LogP contribution in [-0.4, -0.2) is 18.1 Å². The minimum absolute atomic E-state index is 0.290. The molecule has 0 fully saturated rings. The Morgan fingerprint density at radius 3 is 2.08 bits per heavy atom. The van der Waals surface area contributed by atoms with E-state index in [1.165, 1.54) is 19.3 Å². The first-order valence-electron chi connectivity index (χ1n) is 4.87. The highest BCUT2D eigenvalue weighted by molar-refractivity contribution is 4.78. The molecule has 1 atom stereocenters. The Bertz CT molecular complexity index is 113. The minimum Gasteiger partial charge on any atom is -0.269 e. The van der Waals surface area contributed by atoms with Crippen LogP contribution >= 0.6 is 0 Å². The van der Waals surface area contributed by atoms with Crippen molar-refractivity contribution in [3.05, 3.63) is 0 Å². The Morgan fingerprint density at radius 2 is 1.83 bits per heavy atom. The summed E-state index contributed by atoms with van der Waals surface area (Å²) in [4.78, 5) is 0. The van der Waals surface area contributed by atoms with E-state index in [9.17, 15) is 0 Å². The fraction of sp³-hybridized carbons (Fsp3) is 1.00. The maximum Gasteiger partial charge on any atom is 0.0286 e. The maximum absolute atomic E-state index is 5.80. The molecule has 1 unspecified atom stereocenters. The second-order valence-electron chi connectivity index (χ2n) is 4.69. The lowest BCUT2D eigenvalue weighted by atomic mass is 9.83. The van der Waals surface area contributed by atoms with E-state index in [-0.39, 0.29) is 0 Å². The highest BCUT2D eigenvalue weighted by atomic mass is 15.4. The lowest BCUT2D eigenvalue weighted by molar-refractivity contribution is 0.116. The molecule has 0 aliphatic carbocycles. The number of nitrogens with two attached hydrogens (primary N) is 1. The highest BCUT2D eigenvalue weighted by Gasteiger charge is 2.25. The second-order valence-corrected chi connectivity index (χ2v) is 4.69. The Hall–Kier alpha value is -0.0800. The summed E-state index contributed by atoms with van der Waals surface area (Å²) in [7, 11) is 1.96. The van der Waals surface area contributed by atoms with Gasteiger partial charge in [-0.15, -0.1) is 0 Å². The molecule has 2 heteroatoms. The molecule has 2 N–H and O–H groups in total. The molecule has 0 aliphatic rings. The van der Waals surface area contributed by atoms with Crippen molar-refractivity contribution in [1.82, 2.24) is 5.01 Å². The first-order chi connectivity index (χ1) is 5.39. The third kappa shape index (κ3) is 4.07. The fourth-order valence-corrected chi connectivity index (χ4v) is 1.65. The molecule has 0 amide bonds. The number of hydrogen-bond acceptors (Lipinski definition) is 2. The number of hydrogen-bond donors (Lipinski definition) is 1. The predicted molar refractivity (Wildman–Crippen MR) is 54.7 cm³/mol. The summed E-state index contributed by atoms with van der Waals surface area (Å²) in [6, 6.07) is 0.498. The topological polar surface area (TPSA) is 29.3 Å². The summed E-state index contributed by atoms with van der Waals surface area (Å²) in [5, 5.41) is 1.86. The van der Waals surface area contributed by atoms with Crippen molar-refractivity contribution < 1.29 is 0 Å². The molecule has 0 heterocycles. The second kappa shape index (κ2) is 4.83. The van der Waals surface area contributed by atoms with Gasteiger partial charge in [-0.1, -0.05) is 40.5 Å². The first kappa shape index (κ1) is 11.9. The smallest absolute Gasteiger partial charge is 0.0286 e. The van der Waals surface area contributed by atoms with Crippen molar-refractivity contribution in [1.29, 1.82) is 0 Å². The highest BCUT2D eigenvalue weighted by Crippen LogP contribution is 2.25. The first-order valence-corrected chi connectivity index (χ1v) is 4.87. The van der Waals surface area contributed by atoms with E-state index in [2.05, 4.69) is 27.7 Å². The molecule has 0 radical (unpaired) electrons. The van der Waals surface area contributed by atoms with Gasteiger partial charge in [0.2, 0.25) is 0 Å². The van der Waals surface area contributed by atoms with Crippen LogP contribution in [0.4, 0.5) is 0 Å². The van der Waals surface area contributed by atoms with Gasteiger partial charge < -0.3 is 0 Å². The van der Waals surface area contributed by atoms with Crippen LogP contribution in [-0.2, 0) is 0 Å². The Labute approximate surface area is 77.1 Å². The maximum atomic E-state index is 5.80. The van der Waals surface area contributed by atoms with Crippen LogP contribution in [0.3, 0.4) is 0 Å². The lowest BCUT2D eigenvalue weighted by Gasteiger charge is -2.35. The summed E-state index contributed by atoms with van der Waals surface area (Å²) in [6.45, 7) is 8.96. The molecule has 0 rings (SSSR count). The van der Waals surface area contributed by atoms with Crippen LogP contribution in [0.2, 0.25) is 0 Å². The van der Waals surface area contributed by atoms with Gasteiger partial charge in [0, 0.05) is 13.1 Å². The van der Waals surface area contributed by atoms with Crippen molar-refractivity contribution in [3.8, 4) is 0 Å². The van der Waals surface area contributed by atoms with Gasteiger partial charge in [-0.3, -0.25) is 5.84 Å². The molecule has 0 bridgehead atoms. The Morgan fingerprint density at radius 1 is 1.33 bits per heavy atom. The van der Waals surface area contributed by atoms with Gasteiger partial charge in [-0.2, -0.15) is 0 Å². The van der Waals surface area contributed by atoms with Gasteiger partial charge in [0.05, 0.1) is 0 Å². The summed E-state index contributed by atoms with van der Waals surface area (Å²) in [5.41, 5.74) is 0.290. The molecule has 0 aliphatic heterocycles. The normalized spacial score (nSPS) is 15.2. The van der Waals surface area contributed by atoms with E-state index in [4.69, 9.17) is 5.84 Å². The third-order valence-corrected chi connectivity index (χ3v) is 2.32. The predicted octanol–water partition coefficient (Wildman–Crippen LogP) is 2.40. The van der Waals surface area contributed by atoms with E-state index in [1.54, 1.807) is 0 Å². The van der Waals surface area contributed by atoms with E-state index in [1.807, 2.05) is 12.1 Å². The monoisotopic (exact) mass is 172 g/mol. The average Bonchev–Trinajstić information content (AvgIpc) is 1.84. The quantitative estimate of drug-likeness (QED) is 0.521. The lowest BCUT2D eigenvalue weighted by Crippen LogP contribution is -2.45. The summed E-state index contributed by atoms with van der Waals surface area (Å²) in [6.07, 6.45) is 3.72. The number of rotatable bonds is 4. The van der Waals surface area contributed by atoms with Gasteiger partial charge >= 0.3 is 0 Å². The number of hydrazine groups is 1. The average molecular weight is 172 g/mol. The molecule has 0 spiro atoms. The largest absolute Gasteiger partial charge is 0.269 e. The van der Waals surface area contributed by atoms with Crippen LogP contribution in [0, 0.1) is 5.41 Å². The molecule has 2 nitrogen and oxygen atoms in total. The van der Waals surface area contributed by atoms with E-state index < -0.39 is 0 Å². The Kier molecular flexibility index (Phi) is 4.80. The molecule has 0 saturated carbocycles. The van der Waals surface area contributed by atoms with E-state index in [0.29, 0.717) is 11.5 Å². The van der Waals surface area contributed by atoms with E-state index >= 15 is 0 Å². The number of nitrogens with zero attached hydrogens (tertiary/aromatic N) is 1. The summed E-state index contributed by atoms with van der Waals surface area (Å²) < 4.78 is 0. The molecule has 12 heavy (non-hydrogen) atoms. The van der Waals surface area contributed by atoms with Crippen molar-refractivity contribution in [2.45, 2.75) is 53.0 Å². The third-order valence-electron chi connectivity index (χ3n) is 2.32. The molecule has 0 saturated heterocycles. The zero-order chi connectivity index (χ0) is 9.78. The van der Waals surface area contributed by atoms with Gasteiger partial charge in [0.15, 0.2) is 0 Å². The molecule has 0 aromatic rings. The molecular formula is C10H24N2. The van der Waals surface area contributed by atoms with Gasteiger partial charge in [0.25, 0.3) is 0 Å². The summed E-state index contributed by atoms with van der Waals surface area (Å²) in [5.74, 6) is 5.80. The van der Waals surface area contributed by atoms with E-state index in [0.717, 1.165) is 0 Å². The van der Waals surface area contributed by atoms with Crippen molar-refractivity contribution >= 4 is 0 Å². The molecule has 74 valence electrons. The molecule has 0 aromatic heterocycles.